The van der Waals surface area contributed by atoms with Gasteiger partial charge in [0.2, 0.25) is 6.29 Å². The van der Waals surface area contributed by atoms with Crippen LogP contribution in [0.3, 0.4) is 0 Å². The maximum atomic E-state index is 15.5. The van der Waals surface area contributed by atoms with E-state index in [0.717, 1.165) is 51.4 Å². The van der Waals surface area contributed by atoms with Crippen LogP contribution in [-0.2, 0) is 38.0 Å². The van der Waals surface area contributed by atoms with Gasteiger partial charge in [-0.05, 0) is 130 Å². The van der Waals surface area contributed by atoms with E-state index >= 15 is 4.79 Å². The first-order chi connectivity index (χ1) is 34.8. The van der Waals surface area contributed by atoms with E-state index in [1.165, 1.54) is 6.92 Å². The van der Waals surface area contributed by atoms with Gasteiger partial charge in [-0.25, -0.2) is 0 Å². The first-order valence-electron chi connectivity index (χ1n) is 27.5. The maximum Gasteiger partial charge on any atom is 0.314 e. The molecule has 0 radical (unpaired) electrons. The van der Waals surface area contributed by atoms with Gasteiger partial charge in [0, 0.05) is 17.9 Å². The van der Waals surface area contributed by atoms with Crippen LogP contribution in [0.1, 0.15) is 119 Å². The van der Waals surface area contributed by atoms with Crippen molar-refractivity contribution >= 4 is 5.97 Å². The predicted molar refractivity (Wildman–Crippen MR) is 255 cm³/mol. The number of carbonyl (C=O) groups is 1. The van der Waals surface area contributed by atoms with Gasteiger partial charge in [-0.15, -0.1) is 0 Å². The maximum absolute atomic E-state index is 15.5. The molecule has 29 atom stereocenters. The van der Waals surface area contributed by atoms with Crippen molar-refractivity contribution < 1.29 is 104 Å². The third-order valence-corrected chi connectivity index (χ3v) is 21.4. The lowest BCUT2D eigenvalue weighted by atomic mass is 9.35. The van der Waals surface area contributed by atoms with Crippen LogP contribution < -0.4 is 0 Å². The number of rotatable bonds is 11. The average molecular weight is 1060 g/mol. The Hall–Kier alpha value is -1.29. The molecule has 3 aliphatic heterocycles. The fraction of sp³-hybridized carbons (Fsp3) is 0.981. The number of carbonyl (C=O) groups excluding carboxylic acids is 1. The van der Waals surface area contributed by atoms with Gasteiger partial charge < -0.3 is 99.5 Å². The molecule has 6 saturated carbocycles. The minimum atomic E-state index is -1.87. The van der Waals surface area contributed by atoms with Crippen molar-refractivity contribution in [3.8, 4) is 0 Å². The molecule has 0 amide bonds. The van der Waals surface area contributed by atoms with E-state index in [0.29, 0.717) is 19.3 Å². The van der Waals surface area contributed by atoms with Gasteiger partial charge in [0.1, 0.15) is 67.1 Å². The monoisotopic (exact) mass is 1060 g/mol. The first kappa shape index (κ1) is 57.4. The molecule has 3 heterocycles. The van der Waals surface area contributed by atoms with E-state index in [4.69, 9.17) is 33.2 Å². The van der Waals surface area contributed by atoms with Gasteiger partial charge in [0.05, 0.1) is 49.7 Å². The van der Waals surface area contributed by atoms with E-state index in [1.54, 1.807) is 0 Å². The molecule has 3 saturated heterocycles. The first-order valence-corrected chi connectivity index (χ1v) is 27.5. The third kappa shape index (κ3) is 9.65. The average Bonchev–Trinajstić information content (AvgIpc) is 3.36. The highest BCUT2D eigenvalue weighted by Gasteiger charge is 2.69. The molecule has 21 nitrogen and oxygen atoms in total. The molecule has 0 bridgehead atoms. The zero-order valence-electron chi connectivity index (χ0n) is 43.8. The Morgan fingerprint density at radius 3 is 2.00 bits per heavy atom. The molecule has 0 aromatic heterocycles. The molecule has 6 aliphatic carbocycles. The summed E-state index contributed by atoms with van der Waals surface area (Å²) in [6.45, 7) is 11.4. The lowest BCUT2D eigenvalue weighted by molar-refractivity contribution is -0.365. The molecule has 74 heavy (non-hydrogen) atoms. The van der Waals surface area contributed by atoms with Gasteiger partial charge in [-0.3, -0.25) is 4.79 Å². The van der Waals surface area contributed by atoms with E-state index in [1.807, 2.05) is 0 Å². The largest absolute Gasteiger partial charge is 0.432 e. The van der Waals surface area contributed by atoms with Gasteiger partial charge in [0.15, 0.2) is 18.7 Å². The Bertz CT molecular complexity index is 1950. The predicted octanol–water partition coefficient (Wildman–Crippen LogP) is -1.04. The van der Waals surface area contributed by atoms with Crippen molar-refractivity contribution in [2.75, 3.05) is 26.4 Å². The summed E-state index contributed by atoms with van der Waals surface area (Å²) in [6.07, 6.45) is -19.4. The Labute approximate surface area is 433 Å². The number of esters is 1. The van der Waals surface area contributed by atoms with Crippen molar-refractivity contribution in [1.82, 2.24) is 0 Å². The lowest BCUT2D eigenvalue weighted by Crippen LogP contribution is -2.66. The Morgan fingerprint density at radius 1 is 0.608 bits per heavy atom. The van der Waals surface area contributed by atoms with Crippen molar-refractivity contribution in [2.24, 2.45) is 62.6 Å². The Morgan fingerprint density at radius 2 is 1.30 bits per heavy atom. The summed E-state index contributed by atoms with van der Waals surface area (Å²) < 4.78 is 42.3. The van der Waals surface area contributed by atoms with E-state index in [9.17, 15) is 66.4 Å². The van der Waals surface area contributed by atoms with Crippen LogP contribution in [0.2, 0.25) is 0 Å². The highest BCUT2D eigenvalue weighted by atomic mass is 16.8. The summed E-state index contributed by atoms with van der Waals surface area (Å²) in [5.41, 5.74) is -2.09. The second-order valence-corrected chi connectivity index (χ2v) is 26.0. The topological polar surface area (TPSA) is 345 Å². The van der Waals surface area contributed by atoms with Crippen molar-refractivity contribution in [1.29, 1.82) is 0 Å². The van der Waals surface area contributed by atoms with Gasteiger partial charge in [-0.1, -0.05) is 34.6 Å². The molecule has 9 aliphatic rings. The Balaban J connectivity index is 0.955. The standard InChI is InChI=1S/C53H88O21/c1-23-34(57)39(62)43(66)46(70-23)73-44-41(64)38(61)30(21-69-45-42(65)36(59)28(56)20-68-45)72-47(44)74-48(67)53-14-9-26-25(27(53)18-49(2,3)15-16-53)7-8-31-50(26,4)12-10-32-51(31,5)13-11-33(52(32,6)22-55)71-29-17-24(19-54)35(58)40(63)37(29)60/h23-47,54-66H,7-22H2,1-6H3. The molecule has 13 N–H and O–H groups in total. The van der Waals surface area contributed by atoms with E-state index in [2.05, 4.69) is 34.6 Å². The summed E-state index contributed by atoms with van der Waals surface area (Å²) in [7, 11) is 0. The van der Waals surface area contributed by atoms with Crippen LogP contribution >= 0.6 is 0 Å². The van der Waals surface area contributed by atoms with E-state index < -0.39 is 146 Å². The summed E-state index contributed by atoms with van der Waals surface area (Å²) in [4.78, 5) is 15.5. The van der Waals surface area contributed by atoms with Crippen molar-refractivity contribution in [3.05, 3.63) is 0 Å². The Kier molecular flexibility index (Phi) is 16.5. The SMILES string of the molecule is CC1OC(OC2C(OC(=O)C34CCC5C(CCC6C5(C)CCC5C(C)(CO)C(OC7CC(CO)C(O)C(O)C7O)CCC56C)C3CC(C)(C)CC4)OC(COC3OCC(O)C(O)C3O)C(O)C2O)C(O)C(O)C1O. The molecule has 9 rings (SSSR count). The van der Waals surface area contributed by atoms with Crippen LogP contribution in [0.4, 0.5) is 0 Å². The molecule has 0 aromatic carbocycles. The fourth-order valence-corrected chi connectivity index (χ4v) is 17.0. The number of aliphatic hydroxyl groups excluding tert-OH is 13. The van der Waals surface area contributed by atoms with Crippen molar-refractivity contribution in [3.63, 3.8) is 0 Å². The van der Waals surface area contributed by atoms with Crippen LogP contribution in [-0.4, -0.2) is 215 Å². The summed E-state index contributed by atoms with van der Waals surface area (Å²) in [5, 5.41) is 140. The normalized spacial score (nSPS) is 55.5. The second-order valence-electron chi connectivity index (χ2n) is 26.0. The number of ether oxygens (including phenoxy) is 7. The van der Waals surface area contributed by atoms with Crippen molar-refractivity contribution in [2.45, 2.75) is 235 Å². The number of hydrogen-bond acceptors (Lipinski definition) is 21. The zero-order chi connectivity index (χ0) is 53.8. The molecular formula is C53H88O21. The molecule has 29 unspecified atom stereocenters. The second kappa shape index (κ2) is 21.3. The third-order valence-electron chi connectivity index (χ3n) is 21.4. The molecular weight excluding hydrogens is 973 g/mol. The zero-order valence-corrected chi connectivity index (χ0v) is 43.8. The van der Waals surface area contributed by atoms with Gasteiger partial charge >= 0.3 is 5.97 Å². The lowest BCUT2D eigenvalue weighted by Gasteiger charge is -2.70. The minimum absolute atomic E-state index is 0.0645. The number of hydrogen-bond donors (Lipinski definition) is 13. The van der Waals surface area contributed by atoms with E-state index in [-0.39, 0.29) is 72.1 Å². The van der Waals surface area contributed by atoms with Crippen LogP contribution in [0, 0.1) is 62.6 Å². The quantitative estimate of drug-likeness (QED) is 0.110. The molecule has 9 fully saturated rings. The molecule has 0 spiro atoms. The van der Waals surface area contributed by atoms with Gasteiger partial charge in [-0.2, -0.15) is 0 Å². The fourth-order valence-electron chi connectivity index (χ4n) is 17.0. The van der Waals surface area contributed by atoms with Crippen LogP contribution in [0.25, 0.3) is 0 Å². The highest BCUT2D eigenvalue weighted by Crippen LogP contribution is 2.73. The number of aliphatic hydroxyl groups is 13. The summed E-state index contributed by atoms with van der Waals surface area (Å²) in [6, 6.07) is 0. The smallest absolute Gasteiger partial charge is 0.314 e. The molecule has 21 heteroatoms. The molecule has 426 valence electrons. The summed E-state index contributed by atoms with van der Waals surface area (Å²) >= 11 is 0. The number of fused-ring (bicyclic) bond motifs is 7. The minimum Gasteiger partial charge on any atom is -0.432 e. The van der Waals surface area contributed by atoms with Crippen LogP contribution in [0.5, 0.6) is 0 Å². The summed E-state index contributed by atoms with van der Waals surface area (Å²) in [5.74, 6) is -0.602. The molecule has 0 aromatic rings. The highest BCUT2D eigenvalue weighted by molar-refractivity contribution is 5.78. The van der Waals surface area contributed by atoms with Crippen LogP contribution in [0.15, 0.2) is 0 Å². The van der Waals surface area contributed by atoms with Gasteiger partial charge in [0.25, 0.3) is 0 Å².